The molecular formula is C16H24N2O2. The van der Waals surface area contributed by atoms with Gasteiger partial charge in [0.05, 0.1) is 6.61 Å². The van der Waals surface area contributed by atoms with E-state index in [0.717, 1.165) is 18.9 Å². The van der Waals surface area contributed by atoms with Crippen LogP contribution in [0.25, 0.3) is 0 Å². The van der Waals surface area contributed by atoms with Gasteiger partial charge in [-0.3, -0.25) is 4.79 Å². The van der Waals surface area contributed by atoms with Crippen molar-refractivity contribution >= 4 is 5.91 Å². The van der Waals surface area contributed by atoms with Crippen LogP contribution in [-0.2, 0) is 4.79 Å². The third kappa shape index (κ3) is 4.23. The van der Waals surface area contributed by atoms with Gasteiger partial charge in [-0.15, -0.1) is 0 Å². The highest BCUT2D eigenvalue weighted by atomic mass is 16.5. The smallest absolute Gasteiger partial charge is 0.221 e. The molecule has 1 unspecified atom stereocenters. The number of carbonyl (C=O) groups excluding carboxylic acids is 1. The van der Waals surface area contributed by atoms with Gasteiger partial charge in [0.25, 0.3) is 0 Å². The van der Waals surface area contributed by atoms with Gasteiger partial charge < -0.3 is 15.4 Å². The fourth-order valence-electron chi connectivity index (χ4n) is 2.36. The van der Waals surface area contributed by atoms with Crippen molar-refractivity contribution in [3.05, 3.63) is 29.8 Å². The number of rotatable bonds is 5. The van der Waals surface area contributed by atoms with Crippen molar-refractivity contribution in [2.75, 3.05) is 19.7 Å². The summed E-state index contributed by atoms with van der Waals surface area (Å²) in [6.45, 7) is 8.24. The number of carbonyl (C=O) groups is 1. The average Bonchev–Trinajstić information content (AvgIpc) is 2.76. The first kappa shape index (κ1) is 14.9. The minimum absolute atomic E-state index is 0.0908. The summed E-state index contributed by atoms with van der Waals surface area (Å²) in [6.07, 6.45) is 0.506. The minimum Gasteiger partial charge on any atom is -0.493 e. The van der Waals surface area contributed by atoms with E-state index in [0.29, 0.717) is 18.9 Å². The number of amides is 1. The lowest BCUT2D eigenvalue weighted by Gasteiger charge is -2.20. The van der Waals surface area contributed by atoms with E-state index in [9.17, 15) is 4.79 Å². The Morgan fingerprint density at radius 1 is 1.35 bits per heavy atom. The van der Waals surface area contributed by atoms with Crippen LogP contribution in [0.2, 0.25) is 0 Å². The van der Waals surface area contributed by atoms with E-state index in [-0.39, 0.29) is 11.4 Å². The standard InChI is InChI=1S/C16H24N2O2/c1-16(2,3)18-15(19)8-9-17-10-12-11-20-14-7-5-4-6-13(12)14/h4-7,12,17H,8-11H2,1-3H3,(H,18,19). The first-order chi connectivity index (χ1) is 9.46. The molecule has 0 radical (unpaired) electrons. The zero-order valence-corrected chi connectivity index (χ0v) is 12.5. The Bertz CT molecular complexity index is 466. The van der Waals surface area contributed by atoms with E-state index in [1.165, 1.54) is 5.56 Å². The summed E-state index contributed by atoms with van der Waals surface area (Å²) in [4.78, 5) is 11.7. The molecule has 1 aromatic rings. The highest BCUT2D eigenvalue weighted by Gasteiger charge is 2.23. The third-order valence-electron chi connectivity index (χ3n) is 3.23. The Kier molecular flexibility index (Phi) is 4.65. The Balaban J connectivity index is 1.69. The first-order valence-corrected chi connectivity index (χ1v) is 7.19. The quantitative estimate of drug-likeness (QED) is 0.809. The van der Waals surface area contributed by atoms with Gasteiger partial charge in [0, 0.05) is 36.5 Å². The summed E-state index contributed by atoms with van der Waals surface area (Å²) >= 11 is 0. The SMILES string of the molecule is CC(C)(C)NC(=O)CCNCC1COc2ccccc21. The van der Waals surface area contributed by atoms with Crippen molar-refractivity contribution in [2.24, 2.45) is 0 Å². The molecule has 0 fully saturated rings. The molecule has 0 saturated heterocycles. The van der Waals surface area contributed by atoms with Crippen LogP contribution >= 0.6 is 0 Å². The van der Waals surface area contributed by atoms with Crippen molar-refractivity contribution in [1.29, 1.82) is 0 Å². The molecule has 1 heterocycles. The maximum absolute atomic E-state index is 11.7. The van der Waals surface area contributed by atoms with Crippen LogP contribution in [0.5, 0.6) is 5.75 Å². The molecule has 1 atom stereocenters. The van der Waals surface area contributed by atoms with E-state index in [1.54, 1.807) is 0 Å². The summed E-state index contributed by atoms with van der Waals surface area (Å²) in [7, 11) is 0. The van der Waals surface area contributed by atoms with E-state index in [4.69, 9.17) is 4.74 Å². The lowest BCUT2D eigenvalue weighted by Crippen LogP contribution is -2.41. The Morgan fingerprint density at radius 2 is 2.10 bits per heavy atom. The second-order valence-electron chi connectivity index (χ2n) is 6.30. The molecule has 0 bridgehead atoms. The topological polar surface area (TPSA) is 50.4 Å². The highest BCUT2D eigenvalue weighted by molar-refractivity contribution is 5.76. The first-order valence-electron chi connectivity index (χ1n) is 7.19. The van der Waals surface area contributed by atoms with Crippen molar-refractivity contribution in [3.8, 4) is 5.75 Å². The van der Waals surface area contributed by atoms with E-state index >= 15 is 0 Å². The van der Waals surface area contributed by atoms with Gasteiger partial charge in [0.1, 0.15) is 5.75 Å². The van der Waals surface area contributed by atoms with Crippen LogP contribution in [0.4, 0.5) is 0 Å². The molecule has 4 heteroatoms. The number of ether oxygens (including phenoxy) is 1. The summed E-state index contributed by atoms with van der Waals surface area (Å²) in [5.41, 5.74) is 1.11. The predicted octanol–water partition coefficient (Wildman–Crippen LogP) is 2.06. The number of nitrogens with one attached hydrogen (secondary N) is 2. The molecule has 2 rings (SSSR count). The molecule has 2 N–H and O–H groups in total. The lowest BCUT2D eigenvalue weighted by molar-refractivity contribution is -0.122. The predicted molar refractivity (Wildman–Crippen MR) is 80.1 cm³/mol. The average molecular weight is 276 g/mol. The van der Waals surface area contributed by atoms with Crippen molar-refractivity contribution in [2.45, 2.75) is 38.6 Å². The van der Waals surface area contributed by atoms with Crippen molar-refractivity contribution in [1.82, 2.24) is 10.6 Å². The molecule has 1 amide bonds. The maximum atomic E-state index is 11.7. The van der Waals surface area contributed by atoms with Gasteiger partial charge in [-0.05, 0) is 26.8 Å². The molecule has 0 saturated carbocycles. The molecule has 1 aliphatic rings. The normalized spacial score (nSPS) is 17.4. The van der Waals surface area contributed by atoms with Crippen LogP contribution in [0.3, 0.4) is 0 Å². The second-order valence-corrected chi connectivity index (χ2v) is 6.30. The third-order valence-corrected chi connectivity index (χ3v) is 3.23. The molecule has 0 aromatic heterocycles. The molecular weight excluding hydrogens is 252 g/mol. The fourth-order valence-corrected chi connectivity index (χ4v) is 2.36. The number of benzene rings is 1. The summed E-state index contributed by atoms with van der Waals surface area (Å²) in [6, 6.07) is 8.15. The molecule has 20 heavy (non-hydrogen) atoms. The number of fused-ring (bicyclic) bond motifs is 1. The summed E-state index contributed by atoms with van der Waals surface area (Å²) in [5.74, 6) is 1.47. The van der Waals surface area contributed by atoms with Crippen LogP contribution in [0.15, 0.2) is 24.3 Å². The van der Waals surface area contributed by atoms with E-state index < -0.39 is 0 Å². The van der Waals surface area contributed by atoms with Crippen LogP contribution < -0.4 is 15.4 Å². The van der Waals surface area contributed by atoms with E-state index in [2.05, 4.69) is 16.7 Å². The number of para-hydroxylation sites is 1. The molecule has 0 aliphatic carbocycles. The van der Waals surface area contributed by atoms with Crippen LogP contribution in [0, 0.1) is 0 Å². The van der Waals surface area contributed by atoms with Gasteiger partial charge in [-0.25, -0.2) is 0 Å². The summed E-state index contributed by atoms with van der Waals surface area (Å²) < 4.78 is 5.64. The van der Waals surface area contributed by atoms with Gasteiger partial charge in [0.15, 0.2) is 0 Å². The Morgan fingerprint density at radius 3 is 2.85 bits per heavy atom. The zero-order chi connectivity index (χ0) is 14.6. The molecule has 110 valence electrons. The minimum atomic E-state index is -0.157. The zero-order valence-electron chi connectivity index (χ0n) is 12.5. The van der Waals surface area contributed by atoms with Gasteiger partial charge in [-0.1, -0.05) is 18.2 Å². The molecule has 4 nitrogen and oxygen atoms in total. The highest BCUT2D eigenvalue weighted by Crippen LogP contribution is 2.32. The monoisotopic (exact) mass is 276 g/mol. The second kappa shape index (κ2) is 6.27. The fraction of sp³-hybridized carbons (Fsp3) is 0.562. The lowest BCUT2D eigenvalue weighted by atomic mass is 10.0. The van der Waals surface area contributed by atoms with Gasteiger partial charge in [-0.2, -0.15) is 0 Å². The number of hydrogen-bond donors (Lipinski definition) is 2. The van der Waals surface area contributed by atoms with Crippen molar-refractivity contribution < 1.29 is 9.53 Å². The van der Waals surface area contributed by atoms with Crippen molar-refractivity contribution in [3.63, 3.8) is 0 Å². The van der Waals surface area contributed by atoms with Gasteiger partial charge in [0.2, 0.25) is 5.91 Å². The largest absolute Gasteiger partial charge is 0.493 e. The molecule has 0 spiro atoms. The maximum Gasteiger partial charge on any atom is 0.221 e. The number of hydrogen-bond acceptors (Lipinski definition) is 3. The van der Waals surface area contributed by atoms with Crippen LogP contribution in [0.1, 0.15) is 38.7 Å². The molecule has 1 aromatic carbocycles. The van der Waals surface area contributed by atoms with Gasteiger partial charge >= 0.3 is 0 Å². The summed E-state index contributed by atoms with van der Waals surface area (Å²) in [5, 5.41) is 6.30. The Hall–Kier alpha value is -1.55. The van der Waals surface area contributed by atoms with E-state index in [1.807, 2.05) is 39.0 Å². The Labute approximate surface area is 120 Å². The molecule has 1 aliphatic heterocycles. The van der Waals surface area contributed by atoms with Crippen LogP contribution in [-0.4, -0.2) is 31.1 Å².